The molecule has 0 amide bonds. The first-order valence-electron chi connectivity index (χ1n) is 6.45. The second-order valence-electron chi connectivity index (χ2n) is 4.68. The quantitative estimate of drug-likeness (QED) is 0.876. The Kier molecular flexibility index (Phi) is 5.34. The van der Waals surface area contributed by atoms with E-state index < -0.39 is 16.1 Å². The molecule has 0 saturated carbocycles. The Hall–Kier alpha value is -1.27. The highest BCUT2D eigenvalue weighted by Gasteiger charge is 2.20. The van der Waals surface area contributed by atoms with Crippen molar-refractivity contribution in [2.24, 2.45) is 0 Å². The summed E-state index contributed by atoms with van der Waals surface area (Å²) in [6.45, 7) is 1.72. The third-order valence-electron chi connectivity index (χ3n) is 3.13. The predicted molar refractivity (Wildman–Crippen MR) is 88.2 cm³/mol. The van der Waals surface area contributed by atoms with E-state index in [9.17, 15) is 8.42 Å². The summed E-state index contributed by atoms with van der Waals surface area (Å²) >= 11 is 11.9. The zero-order chi connectivity index (χ0) is 16.3. The molecule has 22 heavy (non-hydrogen) atoms. The highest BCUT2D eigenvalue weighted by molar-refractivity contribution is 7.89. The van der Waals surface area contributed by atoms with Crippen LogP contribution in [-0.2, 0) is 10.0 Å². The van der Waals surface area contributed by atoms with Crippen LogP contribution in [-0.4, -0.2) is 15.5 Å². The zero-order valence-corrected chi connectivity index (χ0v) is 14.3. The molecule has 0 radical (unpaired) electrons. The van der Waals surface area contributed by atoms with E-state index in [-0.39, 0.29) is 4.90 Å². The van der Waals surface area contributed by atoms with Gasteiger partial charge in [0.1, 0.15) is 5.75 Å². The van der Waals surface area contributed by atoms with Gasteiger partial charge < -0.3 is 4.74 Å². The maximum Gasteiger partial charge on any atom is 0.241 e. The minimum atomic E-state index is -3.66. The highest BCUT2D eigenvalue weighted by Crippen LogP contribution is 2.27. The van der Waals surface area contributed by atoms with Crippen molar-refractivity contribution in [3.63, 3.8) is 0 Å². The molecule has 7 heteroatoms. The van der Waals surface area contributed by atoms with E-state index in [4.69, 9.17) is 27.9 Å². The molecule has 0 heterocycles. The SMILES string of the molecule is COc1ccc(S(=O)(=O)NC(C)c2ccc(Cl)cc2Cl)cc1. The Labute approximate surface area is 140 Å². The molecule has 1 N–H and O–H groups in total. The van der Waals surface area contributed by atoms with Gasteiger partial charge in [-0.1, -0.05) is 29.3 Å². The van der Waals surface area contributed by atoms with Crippen molar-refractivity contribution in [1.82, 2.24) is 4.72 Å². The van der Waals surface area contributed by atoms with Gasteiger partial charge in [0.25, 0.3) is 0 Å². The Morgan fingerprint density at radius 3 is 2.27 bits per heavy atom. The van der Waals surface area contributed by atoms with Crippen LogP contribution >= 0.6 is 23.2 Å². The molecule has 2 aromatic rings. The summed E-state index contributed by atoms with van der Waals surface area (Å²) < 4.78 is 32.3. The van der Waals surface area contributed by atoms with E-state index in [1.807, 2.05) is 0 Å². The first kappa shape index (κ1) is 17.1. The van der Waals surface area contributed by atoms with Gasteiger partial charge in [-0.05, 0) is 48.9 Å². The van der Waals surface area contributed by atoms with Crippen LogP contribution in [0.5, 0.6) is 5.75 Å². The second kappa shape index (κ2) is 6.87. The Bertz CT molecular complexity index is 761. The number of halogens is 2. The largest absolute Gasteiger partial charge is 0.497 e. The molecule has 0 aromatic heterocycles. The molecule has 0 aliphatic heterocycles. The summed E-state index contributed by atoms with van der Waals surface area (Å²) in [6.07, 6.45) is 0. The van der Waals surface area contributed by atoms with E-state index in [0.717, 1.165) is 0 Å². The predicted octanol–water partition coefficient (Wildman–Crippen LogP) is 4.04. The number of ether oxygens (including phenoxy) is 1. The first-order valence-corrected chi connectivity index (χ1v) is 8.69. The van der Waals surface area contributed by atoms with Crippen molar-refractivity contribution in [1.29, 1.82) is 0 Å². The number of hydrogen-bond donors (Lipinski definition) is 1. The van der Waals surface area contributed by atoms with Crippen molar-refractivity contribution in [2.75, 3.05) is 7.11 Å². The normalized spacial score (nSPS) is 12.9. The molecule has 2 rings (SSSR count). The summed E-state index contributed by atoms with van der Waals surface area (Å²) in [5.41, 5.74) is 0.656. The lowest BCUT2D eigenvalue weighted by molar-refractivity contribution is 0.414. The summed E-state index contributed by atoms with van der Waals surface area (Å²) in [6, 6.07) is 10.6. The maximum atomic E-state index is 12.4. The summed E-state index contributed by atoms with van der Waals surface area (Å²) in [5.74, 6) is 0.591. The lowest BCUT2D eigenvalue weighted by Gasteiger charge is -2.16. The average molecular weight is 360 g/mol. The molecule has 1 atom stereocenters. The van der Waals surface area contributed by atoms with Crippen molar-refractivity contribution < 1.29 is 13.2 Å². The molecule has 1 unspecified atom stereocenters. The molecule has 118 valence electrons. The number of nitrogens with one attached hydrogen (secondary N) is 1. The lowest BCUT2D eigenvalue weighted by atomic mass is 10.1. The van der Waals surface area contributed by atoms with Gasteiger partial charge in [0.15, 0.2) is 0 Å². The van der Waals surface area contributed by atoms with E-state index in [1.165, 1.54) is 19.2 Å². The van der Waals surface area contributed by atoms with Gasteiger partial charge in [0, 0.05) is 16.1 Å². The van der Waals surface area contributed by atoms with E-state index in [0.29, 0.717) is 21.4 Å². The van der Waals surface area contributed by atoms with Gasteiger partial charge in [0.05, 0.1) is 12.0 Å². The van der Waals surface area contributed by atoms with Crippen LogP contribution < -0.4 is 9.46 Å². The van der Waals surface area contributed by atoms with E-state index in [1.54, 1.807) is 37.3 Å². The molecule has 0 spiro atoms. The Morgan fingerprint density at radius 1 is 1.09 bits per heavy atom. The van der Waals surface area contributed by atoms with Gasteiger partial charge in [-0.2, -0.15) is 0 Å². The number of rotatable bonds is 5. The minimum Gasteiger partial charge on any atom is -0.497 e. The van der Waals surface area contributed by atoms with Gasteiger partial charge in [-0.15, -0.1) is 0 Å². The Morgan fingerprint density at radius 2 is 1.73 bits per heavy atom. The fraction of sp³-hybridized carbons (Fsp3) is 0.200. The summed E-state index contributed by atoms with van der Waals surface area (Å²) in [5, 5.41) is 0.913. The molecular weight excluding hydrogens is 345 g/mol. The zero-order valence-electron chi connectivity index (χ0n) is 12.0. The van der Waals surface area contributed by atoms with Crippen molar-refractivity contribution in [3.8, 4) is 5.75 Å². The Balaban J connectivity index is 2.23. The third-order valence-corrected chi connectivity index (χ3v) is 5.25. The van der Waals surface area contributed by atoms with Gasteiger partial charge in [0.2, 0.25) is 10.0 Å². The van der Waals surface area contributed by atoms with Crippen LogP contribution in [0.1, 0.15) is 18.5 Å². The average Bonchev–Trinajstić information content (AvgIpc) is 2.46. The maximum absolute atomic E-state index is 12.4. The van der Waals surface area contributed by atoms with Gasteiger partial charge >= 0.3 is 0 Å². The molecule has 4 nitrogen and oxygen atoms in total. The molecule has 0 fully saturated rings. The smallest absolute Gasteiger partial charge is 0.241 e. The monoisotopic (exact) mass is 359 g/mol. The van der Waals surface area contributed by atoms with Crippen molar-refractivity contribution >= 4 is 33.2 Å². The molecule has 0 bridgehead atoms. The van der Waals surface area contributed by atoms with Crippen LogP contribution in [0, 0.1) is 0 Å². The first-order chi connectivity index (χ1) is 10.3. The van der Waals surface area contributed by atoms with Crippen LogP contribution in [0.4, 0.5) is 0 Å². The van der Waals surface area contributed by atoms with Crippen LogP contribution in [0.3, 0.4) is 0 Å². The third kappa shape index (κ3) is 3.93. The van der Waals surface area contributed by atoms with Crippen LogP contribution in [0.2, 0.25) is 10.0 Å². The molecular formula is C15H15Cl2NO3S. The number of methoxy groups -OCH3 is 1. The van der Waals surface area contributed by atoms with Gasteiger partial charge in [-0.3, -0.25) is 0 Å². The van der Waals surface area contributed by atoms with Crippen molar-refractivity contribution in [2.45, 2.75) is 17.9 Å². The standard InChI is InChI=1S/C15H15Cl2NO3S/c1-10(14-8-3-11(16)9-15(14)17)18-22(19,20)13-6-4-12(21-2)5-7-13/h3-10,18H,1-2H3. The molecule has 0 aliphatic carbocycles. The number of benzene rings is 2. The topological polar surface area (TPSA) is 55.4 Å². The fourth-order valence-electron chi connectivity index (χ4n) is 1.97. The summed E-state index contributed by atoms with van der Waals surface area (Å²) in [7, 11) is -2.14. The molecule has 2 aromatic carbocycles. The van der Waals surface area contributed by atoms with Crippen molar-refractivity contribution in [3.05, 3.63) is 58.1 Å². The van der Waals surface area contributed by atoms with E-state index in [2.05, 4.69) is 4.72 Å². The second-order valence-corrected chi connectivity index (χ2v) is 7.24. The van der Waals surface area contributed by atoms with E-state index >= 15 is 0 Å². The lowest BCUT2D eigenvalue weighted by Crippen LogP contribution is -2.27. The summed E-state index contributed by atoms with van der Waals surface area (Å²) in [4.78, 5) is 0.158. The van der Waals surface area contributed by atoms with Crippen LogP contribution in [0.25, 0.3) is 0 Å². The number of sulfonamides is 1. The van der Waals surface area contributed by atoms with Gasteiger partial charge in [-0.25, -0.2) is 13.1 Å². The molecule has 0 aliphatic rings. The minimum absolute atomic E-state index is 0.158. The van der Waals surface area contributed by atoms with Crippen LogP contribution in [0.15, 0.2) is 47.4 Å². The highest BCUT2D eigenvalue weighted by atomic mass is 35.5. The number of hydrogen-bond acceptors (Lipinski definition) is 3. The fourth-order valence-corrected chi connectivity index (χ4v) is 3.77. The molecule has 0 saturated heterocycles.